The fraction of sp³-hybridized carbons (Fsp3) is 0.261. The molecule has 6 nitrogen and oxygen atoms in total. The van der Waals surface area contributed by atoms with Gasteiger partial charge in [-0.1, -0.05) is 48.9 Å². The number of hydrogen-bond donors (Lipinski definition) is 0. The van der Waals surface area contributed by atoms with Gasteiger partial charge in [0.2, 0.25) is 0 Å². The van der Waals surface area contributed by atoms with E-state index in [2.05, 4.69) is 0 Å². The van der Waals surface area contributed by atoms with Gasteiger partial charge in [0.15, 0.2) is 0 Å². The first-order valence-corrected chi connectivity index (χ1v) is 11.0. The van der Waals surface area contributed by atoms with E-state index < -0.39 is 23.7 Å². The molecular formula is C23H22ClNO5S. The molecule has 2 amide bonds. The van der Waals surface area contributed by atoms with Gasteiger partial charge in [-0.25, -0.2) is 0 Å². The van der Waals surface area contributed by atoms with Crippen molar-refractivity contribution in [3.8, 4) is 5.75 Å². The summed E-state index contributed by atoms with van der Waals surface area (Å²) in [5.41, 5.74) is 1.60. The van der Waals surface area contributed by atoms with Crippen LogP contribution in [0.2, 0.25) is 5.02 Å². The highest BCUT2D eigenvalue weighted by Gasteiger charge is 2.37. The zero-order valence-corrected chi connectivity index (χ0v) is 18.7. The zero-order chi connectivity index (χ0) is 22.4. The lowest BCUT2D eigenvalue weighted by Crippen LogP contribution is -2.35. The Labute approximate surface area is 190 Å². The van der Waals surface area contributed by atoms with E-state index >= 15 is 0 Å². The van der Waals surface area contributed by atoms with Gasteiger partial charge in [-0.2, -0.15) is 0 Å². The van der Waals surface area contributed by atoms with Crippen molar-refractivity contribution in [2.45, 2.75) is 33.0 Å². The SMILES string of the molecule is CC[C@H](C)OC(=O)CN1C(=O)S/C(=C/c2ccccc2OCc2ccc(Cl)cc2)C1=O. The minimum absolute atomic E-state index is 0.226. The average molecular weight is 460 g/mol. The summed E-state index contributed by atoms with van der Waals surface area (Å²) in [6.07, 6.45) is 1.98. The van der Waals surface area contributed by atoms with Crippen LogP contribution in [0.5, 0.6) is 5.75 Å². The average Bonchev–Trinajstić information content (AvgIpc) is 3.01. The summed E-state index contributed by atoms with van der Waals surface area (Å²) in [5.74, 6) is -0.561. The third-order valence-electron chi connectivity index (χ3n) is 4.58. The molecule has 1 aliphatic rings. The molecule has 0 aliphatic carbocycles. The van der Waals surface area contributed by atoms with Gasteiger partial charge in [-0.3, -0.25) is 19.3 Å². The van der Waals surface area contributed by atoms with Crippen LogP contribution in [0.1, 0.15) is 31.4 Å². The van der Waals surface area contributed by atoms with E-state index in [9.17, 15) is 14.4 Å². The quantitative estimate of drug-likeness (QED) is 0.394. The normalized spacial score (nSPS) is 16.0. The van der Waals surface area contributed by atoms with E-state index in [1.807, 2.05) is 31.2 Å². The predicted molar refractivity (Wildman–Crippen MR) is 121 cm³/mol. The van der Waals surface area contributed by atoms with Crippen molar-refractivity contribution in [1.82, 2.24) is 4.90 Å². The number of esters is 1. The second kappa shape index (κ2) is 10.5. The Kier molecular flexibility index (Phi) is 7.76. The molecule has 1 heterocycles. The summed E-state index contributed by atoms with van der Waals surface area (Å²) < 4.78 is 11.1. The highest BCUT2D eigenvalue weighted by Crippen LogP contribution is 2.34. The second-order valence-corrected chi connectivity index (χ2v) is 8.36. The Morgan fingerprint density at radius 2 is 1.87 bits per heavy atom. The van der Waals surface area contributed by atoms with E-state index in [4.69, 9.17) is 21.1 Å². The Bertz CT molecular complexity index is 1010. The number of thioether (sulfide) groups is 1. The van der Waals surface area contributed by atoms with Crippen molar-refractivity contribution < 1.29 is 23.9 Å². The molecule has 1 saturated heterocycles. The van der Waals surface area contributed by atoms with Gasteiger partial charge in [-0.15, -0.1) is 0 Å². The summed E-state index contributed by atoms with van der Waals surface area (Å²) in [5, 5.41) is 0.143. The van der Waals surface area contributed by atoms with Gasteiger partial charge >= 0.3 is 5.97 Å². The monoisotopic (exact) mass is 459 g/mol. The van der Waals surface area contributed by atoms with Crippen LogP contribution in [0.25, 0.3) is 6.08 Å². The van der Waals surface area contributed by atoms with Crippen LogP contribution in [-0.2, 0) is 20.9 Å². The molecule has 0 radical (unpaired) electrons. The summed E-state index contributed by atoms with van der Waals surface area (Å²) in [7, 11) is 0. The van der Waals surface area contributed by atoms with Gasteiger partial charge in [0, 0.05) is 10.6 Å². The maximum Gasteiger partial charge on any atom is 0.326 e. The summed E-state index contributed by atoms with van der Waals surface area (Å²) >= 11 is 6.70. The standard InChI is InChI=1S/C23H22ClNO5S/c1-3-15(2)30-21(26)13-25-22(27)20(31-23(25)28)12-17-6-4-5-7-19(17)29-14-16-8-10-18(24)11-9-16/h4-12,15H,3,13-14H2,1-2H3/b20-12+/t15-/m0/s1. The third-order valence-corrected chi connectivity index (χ3v) is 5.74. The Morgan fingerprint density at radius 3 is 2.58 bits per heavy atom. The Morgan fingerprint density at radius 1 is 1.16 bits per heavy atom. The summed E-state index contributed by atoms with van der Waals surface area (Å²) in [4.78, 5) is 38.1. The second-order valence-electron chi connectivity index (χ2n) is 6.93. The van der Waals surface area contributed by atoms with Crippen molar-refractivity contribution in [3.05, 3.63) is 69.6 Å². The largest absolute Gasteiger partial charge is 0.488 e. The molecule has 0 saturated carbocycles. The van der Waals surface area contributed by atoms with Gasteiger partial charge in [0.05, 0.1) is 11.0 Å². The van der Waals surface area contributed by atoms with E-state index in [0.29, 0.717) is 29.4 Å². The van der Waals surface area contributed by atoms with E-state index in [1.165, 1.54) is 0 Å². The number of rotatable bonds is 8. The van der Waals surface area contributed by atoms with Crippen molar-refractivity contribution in [1.29, 1.82) is 0 Å². The fourth-order valence-corrected chi connectivity index (χ4v) is 3.68. The molecule has 0 unspecified atom stereocenters. The molecule has 162 valence electrons. The summed E-state index contributed by atoms with van der Waals surface area (Å²) in [6, 6.07) is 14.5. The van der Waals surface area contributed by atoms with Crippen LogP contribution in [0.4, 0.5) is 4.79 Å². The lowest BCUT2D eigenvalue weighted by Gasteiger charge is -2.15. The van der Waals surface area contributed by atoms with Crippen LogP contribution < -0.4 is 4.74 Å². The van der Waals surface area contributed by atoms with Gasteiger partial charge < -0.3 is 9.47 Å². The number of carbonyl (C=O) groups is 3. The number of carbonyl (C=O) groups excluding carboxylic acids is 3. The molecule has 0 N–H and O–H groups in total. The Hall–Kier alpha value is -2.77. The molecule has 3 rings (SSSR count). The van der Waals surface area contributed by atoms with Gasteiger partial charge in [-0.05, 0) is 54.9 Å². The predicted octanol–water partition coefficient (Wildman–Crippen LogP) is 5.30. The third kappa shape index (κ3) is 6.12. The lowest BCUT2D eigenvalue weighted by atomic mass is 10.1. The molecule has 2 aromatic carbocycles. The smallest absolute Gasteiger partial charge is 0.326 e. The minimum atomic E-state index is -0.607. The Balaban J connectivity index is 1.71. The molecule has 0 bridgehead atoms. The van der Waals surface area contributed by atoms with Crippen molar-refractivity contribution in [2.75, 3.05) is 6.54 Å². The van der Waals surface area contributed by atoms with Crippen molar-refractivity contribution >= 4 is 46.6 Å². The number of nitrogens with zero attached hydrogens (tertiary/aromatic N) is 1. The highest BCUT2D eigenvalue weighted by molar-refractivity contribution is 8.18. The molecule has 2 aromatic rings. The van der Waals surface area contributed by atoms with Gasteiger partial charge in [0.1, 0.15) is 18.9 Å². The van der Waals surface area contributed by atoms with Crippen LogP contribution in [0.15, 0.2) is 53.4 Å². The maximum absolute atomic E-state index is 12.7. The van der Waals surface area contributed by atoms with E-state index in [1.54, 1.807) is 37.3 Å². The molecule has 1 atom stereocenters. The number of imide groups is 1. The van der Waals surface area contributed by atoms with Crippen LogP contribution in [-0.4, -0.2) is 34.7 Å². The number of ether oxygens (including phenoxy) is 2. The molecule has 0 spiro atoms. The van der Waals surface area contributed by atoms with Crippen LogP contribution in [0, 0.1) is 0 Å². The number of para-hydroxylation sites is 1. The number of benzene rings is 2. The molecule has 1 fully saturated rings. The first-order valence-electron chi connectivity index (χ1n) is 9.78. The highest BCUT2D eigenvalue weighted by atomic mass is 35.5. The molecule has 0 aromatic heterocycles. The van der Waals surface area contributed by atoms with Crippen molar-refractivity contribution in [3.63, 3.8) is 0 Å². The van der Waals surface area contributed by atoms with Crippen LogP contribution >= 0.6 is 23.4 Å². The van der Waals surface area contributed by atoms with Crippen LogP contribution in [0.3, 0.4) is 0 Å². The maximum atomic E-state index is 12.7. The van der Waals surface area contributed by atoms with Gasteiger partial charge in [0.25, 0.3) is 11.1 Å². The number of halogens is 1. The summed E-state index contributed by atoms with van der Waals surface area (Å²) in [6.45, 7) is 3.56. The van der Waals surface area contributed by atoms with E-state index in [-0.39, 0.29) is 11.0 Å². The first-order chi connectivity index (χ1) is 14.9. The van der Waals surface area contributed by atoms with E-state index in [0.717, 1.165) is 22.2 Å². The number of hydrogen-bond acceptors (Lipinski definition) is 6. The molecular weight excluding hydrogens is 438 g/mol. The minimum Gasteiger partial charge on any atom is -0.488 e. The molecule has 31 heavy (non-hydrogen) atoms. The zero-order valence-electron chi connectivity index (χ0n) is 17.2. The molecule has 1 aliphatic heterocycles. The number of amides is 2. The molecule has 8 heteroatoms. The van der Waals surface area contributed by atoms with Crippen molar-refractivity contribution in [2.24, 2.45) is 0 Å². The fourth-order valence-electron chi connectivity index (χ4n) is 2.72. The lowest BCUT2D eigenvalue weighted by molar-refractivity contribution is -0.150. The topological polar surface area (TPSA) is 72.9 Å². The first kappa shape index (κ1) is 22.9.